The molecule has 4 nitrogen and oxygen atoms in total. The zero-order valence-corrected chi connectivity index (χ0v) is 8.39. The highest BCUT2D eigenvalue weighted by Crippen LogP contribution is 2.23. The summed E-state index contributed by atoms with van der Waals surface area (Å²) in [5.41, 5.74) is 0. The molecule has 0 radical (unpaired) electrons. The molecule has 0 spiro atoms. The lowest BCUT2D eigenvalue weighted by Crippen LogP contribution is -2.41. The monoisotopic (exact) mass is 192 g/mol. The van der Waals surface area contributed by atoms with Gasteiger partial charge >= 0.3 is 0 Å². The molecule has 1 aliphatic carbocycles. The fraction of sp³-hybridized carbons (Fsp3) is 1.00. The Morgan fingerprint density at radius 2 is 1.83 bits per heavy atom. The maximum absolute atomic E-state index is 11.3. The van der Waals surface area contributed by atoms with E-state index in [1.54, 1.807) is 7.05 Å². The lowest BCUT2D eigenvalue weighted by molar-refractivity contribution is 0.369. The van der Waals surface area contributed by atoms with Crippen molar-refractivity contribution in [3.05, 3.63) is 0 Å². The van der Waals surface area contributed by atoms with Crippen molar-refractivity contribution in [3.63, 3.8) is 0 Å². The third kappa shape index (κ3) is 1.97. The van der Waals surface area contributed by atoms with Gasteiger partial charge in [-0.3, -0.25) is 0 Å². The standard InChI is InChI=1S/C7H16N2O2S/c1-8-12(10,11)9(2)7-5-3-4-6-7/h7-8H,3-6H2,1-2H3. The molecule has 0 aromatic carbocycles. The molecule has 0 aliphatic heterocycles. The Hall–Kier alpha value is -0.130. The van der Waals surface area contributed by atoms with Crippen LogP contribution in [0.1, 0.15) is 25.7 Å². The second-order valence-electron chi connectivity index (χ2n) is 3.16. The van der Waals surface area contributed by atoms with Crippen molar-refractivity contribution in [1.82, 2.24) is 9.03 Å². The zero-order chi connectivity index (χ0) is 9.19. The first-order valence-corrected chi connectivity index (χ1v) is 5.68. The van der Waals surface area contributed by atoms with Gasteiger partial charge in [0.25, 0.3) is 10.2 Å². The molecule has 0 aromatic rings. The summed E-state index contributed by atoms with van der Waals surface area (Å²) < 4.78 is 26.4. The Kier molecular flexibility index (Phi) is 3.09. The van der Waals surface area contributed by atoms with Gasteiger partial charge in [-0.25, -0.2) is 4.72 Å². The maximum atomic E-state index is 11.3. The molecular formula is C7H16N2O2S. The molecule has 72 valence electrons. The molecule has 1 saturated carbocycles. The van der Waals surface area contributed by atoms with Gasteiger partial charge < -0.3 is 0 Å². The Morgan fingerprint density at radius 1 is 1.33 bits per heavy atom. The van der Waals surface area contributed by atoms with E-state index in [1.807, 2.05) is 0 Å². The number of nitrogens with zero attached hydrogens (tertiary/aromatic N) is 1. The van der Waals surface area contributed by atoms with E-state index in [1.165, 1.54) is 11.4 Å². The molecule has 5 heteroatoms. The summed E-state index contributed by atoms with van der Waals surface area (Å²) in [7, 11) is -0.112. The summed E-state index contributed by atoms with van der Waals surface area (Å²) in [5.74, 6) is 0. The van der Waals surface area contributed by atoms with Gasteiger partial charge in [0.15, 0.2) is 0 Å². The molecule has 1 aliphatic rings. The third-order valence-electron chi connectivity index (χ3n) is 2.48. The smallest absolute Gasteiger partial charge is 0.205 e. The van der Waals surface area contributed by atoms with Crippen LogP contribution in [0, 0.1) is 0 Å². The third-order valence-corrected chi connectivity index (χ3v) is 4.05. The van der Waals surface area contributed by atoms with Crippen LogP contribution in [0.25, 0.3) is 0 Å². The molecule has 0 aromatic heterocycles. The van der Waals surface area contributed by atoms with Gasteiger partial charge in [0.2, 0.25) is 0 Å². The van der Waals surface area contributed by atoms with Crippen molar-refractivity contribution in [2.24, 2.45) is 0 Å². The van der Waals surface area contributed by atoms with Crippen LogP contribution in [0.4, 0.5) is 0 Å². The second-order valence-corrected chi connectivity index (χ2v) is 5.10. The fourth-order valence-electron chi connectivity index (χ4n) is 1.61. The molecule has 0 unspecified atom stereocenters. The van der Waals surface area contributed by atoms with E-state index in [0.717, 1.165) is 25.7 Å². The van der Waals surface area contributed by atoms with Crippen LogP contribution in [-0.2, 0) is 10.2 Å². The minimum atomic E-state index is -3.20. The summed E-state index contributed by atoms with van der Waals surface area (Å²) >= 11 is 0. The number of rotatable bonds is 3. The van der Waals surface area contributed by atoms with Crippen molar-refractivity contribution < 1.29 is 8.42 Å². The lowest BCUT2D eigenvalue weighted by Gasteiger charge is -2.22. The van der Waals surface area contributed by atoms with E-state index in [9.17, 15) is 8.42 Å². The first-order valence-electron chi connectivity index (χ1n) is 4.24. The summed E-state index contributed by atoms with van der Waals surface area (Å²) in [5, 5.41) is 0. The fourth-order valence-corrected chi connectivity index (χ4v) is 2.50. The normalized spacial score (nSPS) is 20.6. The van der Waals surface area contributed by atoms with Crippen LogP contribution in [-0.4, -0.2) is 32.9 Å². The molecule has 0 bridgehead atoms. The van der Waals surface area contributed by atoms with Gasteiger partial charge in [0.1, 0.15) is 0 Å². The highest BCUT2D eigenvalue weighted by Gasteiger charge is 2.27. The minimum Gasteiger partial charge on any atom is -0.205 e. The first-order chi connectivity index (χ1) is 5.58. The molecular weight excluding hydrogens is 176 g/mol. The summed E-state index contributed by atoms with van der Waals surface area (Å²) in [6.07, 6.45) is 4.29. The Morgan fingerprint density at radius 3 is 2.25 bits per heavy atom. The van der Waals surface area contributed by atoms with E-state index in [-0.39, 0.29) is 6.04 Å². The van der Waals surface area contributed by atoms with Crippen molar-refractivity contribution >= 4 is 10.2 Å². The van der Waals surface area contributed by atoms with Crippen molar-refractivity contribution in [1.29, 1.82) is 0 Å². The Balaban J connectivity index is 2.63. The molecule has 12 heavy (non-hydrogen) atoms. The molecule has 1 N–H and O–H groups in total. The second kappa shape index (κ2) is 3.72. The van der Waals surface area contributed by atoms with Crippen LogP contribution in [0.2, 0.25) is 0 Å². The average Bonchev–Trinajstić information content (AvgIpc) is 2.55. The van der Waals surface area contributed by atoms with Crippen LogP contribution in [0.5, 0.6) is 0 Å². The lowest BCUT2D eigenvalue weighted by atomic mass is 10.3. The number of nitrogens with one attached hydrogen (secondary N) is 1. The highest BCUT2D eigenvalue weighted by atomic mass is 32.2. The predicted molar refractivity (Wildman–Crippen MR) is 48.0 cm³/mol. The van der Waals surface area contributed by atoms with Gasteiger partial charge in [0.05, 0.1) is 0 Å². The Bertz CT molecular complexity index is 232. The van der Waals surface area contributed by atoms with Gasteiger partial charge in [-0.2, -0.15) is 12.7 Å². The van der Waals surface area contributed by atoms with Gasteiger partial charge in [-0.15, -0.1) is 0 Å². The maximum Gasteiger partial charge on any atom is 0.279 e. The first kappa shape index (κ1) is 9.95. The minimum absolute atomic E-state index is 0.211. The molecule has 0 heterocycles. The predicted octanol–water partition coefficient (Wildman–Crippen LogP) is 0.325. The topological polar surface area (TPSA) is 49.4 Å². The van der Waals surface area contributed by atoms with Gasteiger partial charge in [-0.05, 0) is 12.8 Å². The molecule has 0 saturated heterocycles. The zero-order valence-electron chi connectivity index (χ0n) is 7.58. The quantitative estimate of drug-likeness (QED) is 0.700. The van der Waals surface area contributed by atoms with E-state index in [0.29, 0.717) is 0 Å². The largest absolute Gasteiger partial charge is 0.279 e. The molecule has 1 rings (SSSR count). The van der Waals surface area contributed by atoms with Crippen LogP contribution >= 0.6 is 0 Å². The number of hydrogen-bond acceptors (Lipinski definition) is 2. The van der Waals surface area contributed by atoms with Crippen LogP contribution < -0.4 is 4.72 Å². The van der Waals surface area contributed by atoms with Crippen molar-refractivity contribution in [2.75, 3.05) is 14.1 Å². The van der Waals surface area contributed by atoms with Crippen LogP contribution in [0.15, 0.2) is 0 Å². The van der Waals surface area contributed by atoms with E-state index in [4.69, 9.17) is 0 Å². The van der Waals surface area contributed by atoms with Crippen LogP contribution in [0.3, 0.4) is 0 Å². The molecule has 1 fully saturated rings. The highest BCUT2D eigenvalue weighted by molar-refractivity contribution is 7.87. The van der Waals surface area contributed by atoms with E-state index in [2.05, 4.69) is 4.72 Å². The van der Waals surface area contributed by atoms with Crippen molar-refractivity contribution in [3.8, 4) is 0 Å². The van der Waals surface area contributed by atoms with Gasteiger partial charge in [0, 0.05) is 20.1 Å². The average molecular weight is 192 g/mol. The molecule has 0 amide bonds. The molecule has 0 atom stereocenters. The number of hydrogen-bond donors (Lipinski definition) is 1. The summed E-state index contributed by atoms with van der Waals surface area (Å²) in [4.78, 5) is 0. The summed E-state index contributed by atoms with van der Waals surface area (Å²) in [6, 6.07) is 0.211. The van der Waals surface area contributed by atoms with E-state index >= 15 is 0 Å². The Labute approximate surface area is 74.1 Å². The summed E-state index contributed by atoms with van der Waals surface area (Å²) in [6.45, 7) is 0. The van der Waals surface area contributed by atoms with E-state index < -0.39 is 10.2 Å². The SMILES string of the molecule is CNS(=O)(=O)N(C)C1CCCC1. The van der Waals surface area contributed by atoms with Gasteiger partial charge in [-0.1, -0.05) is 12.8 Å². The van der Waals surface area contributed by atoms with Crippen molar-refractivity contribution in [2.45, 2.75) is 31.7 Å².